The molecule has 2 aromatic carbocycles. The molecule has 0 fully saturated rings. The molecule has 0 aliphatic carbocycles. The molecule has 3 aromatic heterocycles. The summed E-state index contributed by atoms with van der Waals surface area (Å²) in [6.07, 6.45) is 15.7. The molecule has 5 aromatic rings. The van der Waals surface area contributed by atoms with Crippen molar-refractivity contribution >= 4 is 33.3 Å². The second-order valence-corrected chi connectivity index (χ2v) is 8.31. The zero-order valence-corrected chi connectivity index (χ0v) is 18.5. The molecule has 0 atom stereocenters. The van der Waals surface area contributed by atoms with E-state index >= 15 is 0 Å². The van der Waals surface area contributed by atoms with Crippen LogP contribution in [0.5, 0.6) is 0 Å². The topological polar surface area (TPSA) is 63.8 Å². The number of allylic oxidation sites excluding steroid dienone is 2. The molecule has 0 unspecified atom stereocenters. The monoisotopic (exact) mass is 433 g/mol. The first-order valence-corrected chi connectivity index (χ1v) is 10.8. The van der Waals surface area contributed by atoms with Crippen LogP contribution in [0.2, 0.25) is 0 Å². The van der Waals surface area contributed by atoms with Gasteiger partial charge in [-0.3, -0.25) is 14.6 Å². The van der Waals surface area contributed by atoms with Crippen LogP contribution in [-0.4, -0.2) is 30.9 Å². The van der Waals surface area contributed by atoms with Crippen molar-refractivity contribution in [3.8, 4) is 11.1 Å². The summed E-state index contributed by atoms with van der Waals surface area (Å²) >= 11 is 0. The van der Waals surface area contributed by atoms with Crippen LogP contribution in [0.15, 0.2) is 91.4 Å². The molecule has 7 heteroatoms. The van der Waals surface area contributed by atoms with Crippen molar-refractivity contribution in [1.82, 2.24) is 24.3 Å². The predicted molar refractivity (Wildman–Crippen MR) is 133 cm³/mol. The van der Waals surface area contributed by atoms with Crippen LogP contribution < -0.4 is 10.2 Å². The zero-order chi connectivity index (χ0) is 22.4. The average molecular weight is 434 g/mol. The SMILES string of the molecule is Cn1cc(N2C=CC=C(Nc3cc(-c4ccc5ccn(C)c5c4)c4nccnc4c3)C2)cn1. The number of rotatable bonds is 4. The van der Waals surface area contributed by atoms with Crippen molar-refractivity contribution in [1.29, 1.82) is 0 Å². The minimum atomic E-state index is 0.728. The summed E-state index contributed by atoms with van der Waals surface area (Å²) in [5.74, 6) is 0. The molecule has 0 saturated heterocycles. The lowest BCUT2D eigenvalue weighted by atomic mass is 10.0. The number of fused-ring (bicyclic) bond motifs is 2. The van der Waals surface area contributed by atoms with Crippen LogP contribution in [0, 0.1) is 0 Å². The maximum atomic E-state index is 4.65. The maximum Gasteiger partial charge on any atom is 0.0966 e. The summed E-state index contributed by atoms with van der Waals surface area (Å²) in [5, 5.41) is 9.11. The van der Waals surface area contributed by atoms with Gasteiger partial charge in [0.1, 0.15) is 0 Å². The molecule has 33 heavy (non-hydrogen) atoms. The van der Waals surface area contributed by atoms with Crippen LogP contribution in [0.1, 0.15) is 0 Å². The number of anilines is 2. The molecule has 0 saturated carbocycles. The van der Waals surface area contributed by atoms with Crippen LogP contribution in [0.3, 0.4) is 0 Å². The fourth-order valence-electron chi connectivity index (χ4n) is 4.35. The van der Waals surface area contributed by atoms with Gasteiger partial charge < -0.3 is 14.8 Å². The molecule has 162 valence electrons. The Bertz CT molecular complexity index is 1550. The molecule has 0 amide bonds. The first-order chi connectivity index (χ1) is 16.1. The normalized spacial score (nSPS) is 13.6. The lowest BCUT2D eigenvalue weighted by Gasteiger charge is -2.24. The van der Waals surface area contributed by atoms with E-state index in [-0.39, 0.29) is 0 Å². The molecule has 4 heterocycles. The summed E-state index contributed by atoms with van der Waals surface area (Å²) in [7, 11) is 4.00. The van der Waals surface area contributed by atoms with E-state index in [2.05, 4.69) is 91.8 Å². The van der Waals surface area contributed by atoms with E-state index in [1.165, 1.54) is 10.9 Å². The van der Waals surface area contributed by atoms with E-state index in [9.17, 15) is 0 Å². The van der Waals surface area contributed by atoms with Crippen molar-refractivity contribution < 1.29 is 0 Å². The quantitative estimate of drug-likeness (QED) is 0.439. The number of aryl methyl sites for hydroxylation is 2. The van der Waals surface area contributed by atoms with Gasteiger partial charge in [0.25, 0.3) is 0 Å². The summed E-state index contributed by atoms with van der Waals surface area (Å²) < 4.78 is 3.95. The minimum Gasteiger partial charge on any atom is -0.357 e. The van der Waals surface area contributed by atoms with E-state index in [0.717, 1.165) is 45.8 Å². The highest BCUT2D eigenvalue weighted by atomic mass is 15.3. The maximum absolute atomic E-state index is 4.65. The van der Waals surface area contributed by atoms with Gasteiger partial charge in [-0.1, -0.05) is 12.1 Å². The van der Waals surface area contributed by atoms with Gasteiger partial charge in [0.2, 0.25) is 0 Å². The Morgan fingerprint density at radius 1 is 1.00 bits per heavy atom. The Hall–Kier alpha value is -4.39. The fraction of sp³-hybridized carbons (Fsp3) is 0.115. The molecule has 1 aliphatic heterocycles. The van der Waals surface area contributed by atoms with Crippen molar-refractivity contribution in [2.45, 2.75) is 0 Å². The highest BCUT2D eigenvalue weighted by molar-refractivity contribution is 5.97. The summed E-state index contributed by atoms with van der Waals surface area (Å²) in [6.45, 7) is 0.728. The van der Waals surface area contributed by atoms with E-state index < -0.39 is 0 Å². The first-order valence-electron chi connectivity index (χ1n) is 10.8. The zero-order valence-electron chi connectivity index (χ0n) is 18.5. The molecule has 1 aliphatic rings. The van der Waals surface area contributed by atoms with Gasteiger partial charge in [0, 0.05) is 67.5 Å². The molecule has 6 rings (SSSR count). The van der Waals surface area contributed by atoms with Gasteiger partial charge in [0.05, 0.1) is 29.5 Å². The van der Waals surface area contributed by atoms with Crippen LogP contribution in [0.25, 0.3) is 33.1 Å². The summed E-state index contributed by atoms with van der Waals surface area (Å²) in [4.78, 5) is 11.4. The molecular formula is C26H23N7. The van der Waals surface area contributed by atoms with Crippen molar-refractivity contribution in [3.63, 3.8) is 0 Å². The van der Waals surface area contributed by atoms with Gasteiger partial charge in [0.15, 0.2) is 0 Å². The lowest BCUT2D eigenvalue weighted by Crippen LogP contribution is -2.24. The van der Waals surface area contributed by atoms with Gasteiger partial charge in [-0.05, 0) is 47.4 Å². The Morgan fingerprint density at radius 2 is 1.91 bits per heavy atom. The second-order valence-electron chi connectivity index (χ2n) is 8.31. The van der Waals surface area contributed by atoms with Crippen molar-refractivity contribution in [2.75, 3.05) is 16.8 Å². The second kappa shape index (κ2) is 7.63. The number of hydrogen-bond donors (Lipinski definition) is 1. The predicted octanol–water partition coefficient (Wildman–Crippen LogP) is 4.85. The van der Waals surface area contributed by atoms with Gasteiger partial charge in [-0.15, -0.1) is 0 Å². The molecular weight excluding hydrogens is 410 g/mol. The van der Waals surface area contributed by atoms with Crippen LogP contribution in [0.4, 0.5) is 11.4 Å². The van der Waals surface area contributed by atoms with E-state index in [4.69, 9.17) is 0 Å². The smallest absolute Gasteiger partial charge is 0.0966 e. The molecule has 7 nitrogen and oxygen atoms in total. The van der Waals surface area contributed by atoms with Gasteiger partial charge in [-0.25, -0.2) is 0 Å². The largest absolute Gasteiger partial charge is 0.357 e. The van der Waals surface area contributed by atoms with E-state index in [0.29, 0.717) is 0 Å². The van der Waals surface area contributed by atoms with Crippen LogP contribution >= 0.6 is 0 Å². The summed E-state index contributed by atoms with van der Waals surface area (Å²) in [5.41, 5.74) is 8.25. The Kier molecular flexibility index (Phi) is 4.47. The summed E-state index contributed by atoms with van der Waals surface area (Å²) in [6, 6.07) is 12.9. The van der Waals surface area contributed by atoms with E-state index in [1.54, 1.807) is 12.4 Å². The Labute approximate surface area is 191 Å². The number of nitrogens with one attached hydrogen (secondary N) is 1. The lowest BCUT2D eigenvalue weighted by molar-refractivity contribution is 0.767. The molecule has 0 bridgehead atoms. The Balaban J connectivity index is 1.38. The fourth-order valence-corrected chi connectivity index (χ4v) is 4.35. The van der Waals surface area contributed by atoms with Gasteiger partial charge >= 0.3 is 0 Å². The number of nitrogens with zero attached hydrogens (tertiary/aromatic N) is 6. The van der Waals surface area contributed by atoms with Gasteiger partial charge in [-0.2, -0.15) is 5.10 Å². The minimum absolute atomic E-state index is 0.728. The molecule has 1 N–H and O–H groups in total. The highest BCUT2D eigenvalue weighted by Crippen LogP contribution is 2.33. The van der Waals surface area contributed by atoms with Crippen molar-refractivity contribution in [3.05, 3.63) is 91.4 Å². The number of benzene rings is 2. The van der Waals surface area contributed by atoms with E-state index in [1.807, 2.05) is 30.2 Å². The molecule has 0 spiro atoms. The standard InChI is InChI=1S/C26H23N7/c1-31-11-7-18-5-6-19(12-25(18)31)23-13-21(14-24-26(23)28-9-8-27-24)30-20-4-3-10-33(16-20)22-15-29-32(2)17-22/h3-15,17,30H,16H2,1-2H3. The Morgan fingerprint density at radius 3 is 2.79 bits per heavy atom. The van der Waals surface area contributed by atoms with Crippen LogP contribution in [-0.2, 0) is 14.1 Å². The number of aromatic nitrogens is 5. The van der Waals surface area contributed by atoms with Crippen molar-refractivity contribution in [2.24, 2.45) is 14.1 Å². The third kappa shape index (κ3) is 3.53. The highest BCUT2D eigenvalue weighted by Gasteiger charge is 2.14. The third-order valence-electron chi connectivity index (χ3n) is 6.00. The third-order valence-corrected chi connectivity index (χ3v) is 6.00. The molecule has 0 radical (unpaired) electrons. The first kappa shape index (κ1) is 19.3. The number of hydrogen-bond acceptors (Lipinski definition) is 5. The average Bonchev–Trinajstić information content (AvgIpc) is 3.44.